The van der Waals surface area contributed by atoms with E-state index in [-0.39, 0.29) is 6.04 Å². The third kappa shape index (κ3) is 2.60. The number of hydrogen-bond acceptors (Lipinski definition) is 7. The number of fused-ring (bicyclic) bond motifs is 2. The van der Waals surface area contributed by atoms with Crippen LogP contribution in [0.1, 0.15) is 17.3 Å². The number of carbonyl (C=O) groups is 1. The van der Waals surface area contributed by atoms with Crippen LogP contribution < -0.4 is 4.90 Å². The van der Waals surface area contributed by atoms with Crippen LogP contribution in [0.15, 0.2) is 29.9 Å². The molecular formula is C19H17N5O2S. The number of aromatic amines is 1. The molecule has 0 aromatic carbocycles. The number of nitrogens with zero attached hydrogens (tertiary/aromatic N) is 4. The molecule has 1 fully saturated rings. The maximum Gasteiger partial charge on any atom is 0.163 e. The summed E-state index contributed by atoms with van der Waals surface area (Å²) in [6, 6.07) is 4.09. The predicted molar refractivity (Wildman–Crippen MR) is 106 cm³/mol. The van der Waals surface area contributed by atoms with Crippen LogP contribution in [0.5, 0.6) is 0 Å². The molecule has 136 valence electrons. The van der Waals surface area contributed by atoms with Crippen molar-refractivity contribution >= 4 is 44.7 Å². The van der Waals surface area contributed by atoms with Crippen molar-refractivity contribution in [1.29, 1.82) is 0 Å². The van der Waals surface area contributed by atoms with Gasteiger partial charge in [-0.05, 0) is 19.1 Å². The molecule has 1 aliphatic heterocycles. The van der Waals surface area contributed by atoms with Gasteiger partial charge in [-0.3, -0.25) is 4.79 Å². The van der Waals surface area contributed by atoms with Gasteiger partial charge < -0.3 is 14.6 Å². The monoisotopic (exact) mass is 379 g/mol. The first-order valence-corrected chi connectivity index (χ1v) is 9.65. The summed E-state index contributed by atoms with van der Waals surface area (Å²) in [5.41, 5.74) is 2.99. The second-order valence-corrected chi connectivity index (χ2v) is 7.45. The van der Waals surface area contributed by atoms with E-state index in [9.17, 15) is 4.79 Å². The lowest BCUT2D eigenvalue weighted by Gasteiger charge is -2.34. The highest BCUT2D eigenvalue weighted by atomic mass is 32.1. The fourth-order valence-corrected chi connectivity index (χ4v) is 4.47. The molecule has 1 aliphatic rings. The van der Waals surface area contributed by atoms with Crippen LogP contribution >= 0.6 is 11.3 Å². The summed E-state index contributed by atoms with van der Waals surface area (Å²) in [6.07, 6.45) is 4.46. The smallest absolute Gasteiger partial charge is 0.163 e. The lowest BCUT2D eigenvalue weighted by atomic mass is 10.1. The number of anilines is 1. The molecule has 0 bridgehead atoms. The predicted octanol–water partition coefficient (Wildman–Crippen LogP) is 3.27. The van der Waals surface area contributed by atoms with Crippen LogP contribution in [0, 0.1) is 0 Å². The van der Waals surface area contributed by atoms with E-state index in [2.05, 4.69) is 21.8 Å². The van der Waals surface area contributed by atoms with E-state index in [4.69, 9.17) is 14.7 Å². The third-order valence-corrected chi connectivity index (χ3v) is 5.88. The van der Waals surface area contributed by atoms with Gasteiger partial charge >= 0.3 is 0 Å². The number of nitrogens with one attached hydrogen (secondary N) is 1. The number of H-pyrrole nitrogens is 1. The van der Waals surface area contributed by atoms with Gasteiger partial charge in [0.1, 0.15) is 5.65 Å². The zero-order valence-corrected chi connectivity index (χ0v) is 15.5. The zero-order valence-electron chi connectivity index (χ0n) is 14.7. The second-order valence-electron chi connectivity index (χ2n) is 6.57. The van der Waals surface area contributed by atoms with E-state index in [1.165, 1.54) is 11.3 Å². The fourth-order valence-electron chi connectivity index (χ4n) is 3.52. The molecule has 4 aromatic rings. The molecule has 5 rings (SSSR count). The Bertz CT molecular complexity index is 1150. The van der Waals surface area contributed by atoms with Crippen LogP contribution in [0.4, 0.5) is 5.82 Å². The SMILES string of the molecule is C[C@@H]1COCCN1c1nc(-c2ccnc3[nH]ccc23)nc2c(C=O)csc12. The Balaban J connectivity index is 1.78. The average Bonchev–Trinajstić information content (AvgIpc) is 3.34. The summed E-state index contributed by atoms with van der Waals surface area (Å²) in [4.78, 5) is 31.0. The summed E-state index contributed by atoms with van der Waals surface area (Å²) >= 11 is 1.51. The van der Waals surface area contributed by atoms with Crippen molar-refractivity contribution in [3.05, 3.63) is 35.5 Å². The molecule has 1 saturated heterocycles. The van der Waals surface area contributed by atoms with Crippen molar-refractivity contribution in [3.63, 3.8) is 0 Å². The molecule has 27 heavy (non-hydrogen) atoms. The number of pyridine rings is 1. The zero-order chi connectivity index (χ0) is 18.4. The van der Waals surface area contributed by atoms with Gasteiger partial charge in [-0.1, -0.05) is 0 Å². The van der Waals surface area contributed by atoms with Crippen molar-refractivity contribution in [2.45, 2.75) is 13.0 Å². The van der Waals surface area contributed by atoms with E-state index in [1.54, 1.807) is 6.20 Å². The van der Waals surface area contributed by atoms with Gasteiger partial charge in [0.2, 0.25) is 0 Å². The first-order chi connectivity index (χ1) is 13.3. The van der Waals surface area contributed by atoms with Gasteiger partial charge in [0.15, 0.2) is 17.9 Å². The highest BCUT2D eigenvalue weighted by molar-refractivity contribution is 7.18. The molecule has 0 unspecified atom stereocenters. The Morgan fingerprint density at radius 2 is 2.30 bits per heavy atom. The number of rotatable bonds is 3. The molecule has 0 spiro atoms. The van der Waals surface area contributed by atoms with Crippen molar-refractivity contribution in [3.8, 4) is 11.4 Å². The number of aldehydes is 1. The summed E-state index contributed by atoms with van der Waals surface area (Å²) in [7, 11) is 0. The Hall–Kier alpha value is -2.84. The Morgan fingerprint density at radius 3 is 3.15 bits per heavy atom. The molecule has 1 atom stereocenters. The molecule has 5 heterocycles. The number of thiophene rings is 1. The van der Waals surface area contributed by atoms with Crippen molar-refractivity contribution in [2.24, 2.45) is 0 Å². The second kappa shape index (κ2) is 6.40. The molecule has 1 N–H and O–H groups in total. The van der Waals surface area contributed by atoms with E-state index in [0.29, 0.717) is 30.1 Å². The Labute approximate surface area is 159 Å². The minimum Gasteiger partial charge on any atom is -0.377 e. The number of aromatic nitrogens is 4. The van der Waals surface area contributed by atoms with E-state index >= 15 is 0 Å². The summed E-state index contributed by atoms with van der Waals surface area (Å²) in [6.45, 7) is 4.20. The van der Waals surface area contributed by atoms with E-state index in [1.807, 2.05) is 23.7 Å². The Morgan fingerprint density at radius 1 is 1.37 bits per heavy atom. The number of ether oxygens (including phenoxy) is 1. The van der Waals surface area contributed by atoms with Gasteiger partial charge in [0.05, 0.1) is 35.0 Å². The van der Waals surface area contributed by atoms with Crippen molar-refractivity contribution in [2.75, 3.05) is 24.7 Å². The summed E-state index contributed by atoms with van der Waals surface area (Å²) in [5, 5.41) is 2.81. The van der Waals surface area contributed by atoms with Crippen LogP contribution in [-0.2, 0) is 4.74 Å². The van der Waals surface area contributed by atoms with Gasteiger partial charge in [-0.15, -0.1) is 11.3 Å². The van der Waals surface area contributed by atoms with Crippen molar-refractivity contribution < 1.29 is 9.53 Å². The normalized spacial score (nSPS) is 17.7. The quantitative estimate of drug-likeness (QED) is 0.550. The largest absolute Gasteiger partial charge is 0.377 e. The van der Waals surface area contributed by atoms with Crippen molar-refractivity contribution in [1.82, 2.24) is 19.9 Å². The first kappa shape index (κ1) is 16.3. The van der Waals surface area contributed by atoms with Gasteiger partial charge in [0, 0.05) is 35.3 Å². The highest BCUT2D eigenvalue weighted by Gasteiger charge is 2.25. The molecule has 8 heteroatoms. The number of carbonyl (C=O) groups excluding carboxylic acids is 1. The molecule has 4 aromatic heterocycles. The minimum atomic E-state index is 0.205. The Kier molecular flexibility index (Phi) is 3.87. The molecule has 0 amide bonds. The highest BCUT2D eigenvalue weighted by Crippen LogP contribution is 2.36. The fraction of sp³-hybridized carbons (Fsp3) is 0.263. The van der Waals surface area contributed by atoms with Crippen LogP contribution in [0.3, 0.4) is 0 Å². The average molecular weight is 379 g/mol. The van der Waals surface area contributed by atoms with Gasteiger partial charge in [-0.2, -0.15) is 0 Å². The van der Waals surface area contributed by atoms with Gasteiger partial charge in [0.25, 0.3) is 0 Å². The topological polar surface area (TPSA) is 84.0 Å². The van der Waals surface area contributed by atoms with E-state index in [0.717, 1.165) is 39.9 Å². The van der Waals surface area contributed by atoms with E-state index < -0.39 is 0 Å². The molecule has 0 aliphatic carbocycles. The molecular weight excluding hydrogens is 362 g/mol. The van der Waals surface area contributed by atoms with Crippen LogP contribution in [-0.4, -0.2) is 52.0 Å². The van der Waals surface area contributed by atoms with Gasteiger partial charge in [-0.25, -0.2) is 15.0 Å². The number of hydrogen-bond donors (Lipinski definition) is 1. The maximum atomic E-state index is 11.6. The number of morpholine rings is 1. The van der Waals surface area contributed by atoms with Crippen LogP contribution in [0.2, 0.25) is 0 Å². The molecule has 0 radical (unpaired) electrons. The molecule has 7 nitrogen and oxygen atoms in total. The lowest BCUT2D eigenvalue weighted by Crippen LogP contribution is -2.44. The lowest BCUT2D eigenvalue weighted by molar-refractivity contribution is 0.0987. The first-order valence-electron chi connectivity index (χ1n) is 8.77. The standard InChI is InChI=1S/C19H17N5O2S/c1-11-9-26-7-6-24(11)19-16-15(12(8-25)10-27-16)22-18(23-19)14-3-5-21-17-13(14)2-4-20-17/h2-5,8,10-11H,6-7,9H2,1H3,(H,20,21)/t11-/m1/s1. The summed E-state index contributed by atoms with van der Waals surface area (Å²) < 4.78 is 6.52. The van der Waals surface area contributed by atoms with Crippen LogP contribution in [0.25, 0.3) is 32.6 Å². The minimum absolute atomic E-state index is 0.205. The maximum absolute atomic E-state index is 11.6. The third-order valence-electron chi connectivity index (χ3n) is 4.89. The summed E-state index contributed by atoms with van der Waals surface area (Å²) in [5.74, 6) is 1.47. The molecule has 0 saturated carbocycles.